The molecule has 1 spiro atoms. The van der Waals surface area contributed by atoms with Crippen molar-refractivity contribution in [3.63, 3.8) is 0 Å². The molecule has 1 saturated heterocycles. The summed E-state index contributed by atoms with van der Waals surface area (Å²) in [6, 6.07) is 0. The van der Waals surface area contributed by atoms with E-state index in [9.17, 15) is 0 Å². The van der Waals surface area contributed by atoms with Gasteiger partial charge in [0.2, 0.25) is 0 Å². The van der Waals surface area contributed by atoms with Crippen LogP contribution < -0.4 is 5.32 Å². The highest BCUT2D eigenvalue weighted by Crippen LogP contribution is 2.49. The fraction of sp³-hybridized carbons (Fsp3) is 1.00. The van der Waals surface area contributed by atoms with Gasteiger partial charge < -0.3 is 10.1 Å². The van der Waals surface area contributed by atoms with Crippen LogP contribution >= 0.6 is 0 Å². The van der Waals surface area contributed by atoms with Gasteiger partial charge in [0.05, 0.1) is 6.10 Å². The van der Waals surface area contributed by atoms with Crippen molar-refractivity contribution >= 4 is 0 Å². The first-order chi connectivity index (χ1) is 5.27. The molecular formula is C9H17NO. The van der Waals surface area contributed by atoms with E-state index >= 15 is 0 Å². The van der Waals surface area contributed by atoms with Gasteiger partial charge in [0.25, 0.3) is 0 Å². The lowest BCUT2D eigenvalue weighted by molar-refractivity contribution is -0.0673. The highest BCUT2D eigenvalue weighted by Gasteiger charge is 2.50. The van der Waals surface area contributed by atoms with Gasteiger partial charge in [-0.3, -0.25) is 0 Å². The molecule has 1 N–H and O–H groups in total. The van der Waals surface area contributed by atoms with Gasteiger partial charge in [0.1, 0.15) is 0 Å². The Kier molecular flexibility index (Phi) is 1.69. The standard InChI is InChI=1S/C9H17NO/c1-7-5-10-6-9(7)3-8(4-9)11-2/h7-8,10H,3-6H2,1-2H3. The highest BCUT2D eigenvalue weighted by atomic mass is 16.5. The van der Waals surface area contributed by atoms with E-state index in [2.05, 4.69) is 12.2 Å². The average Bonchev–Trinajstić information content (AvgIpc) is 2.27. The molecule has 2 aliphatic rings. The fourth-order valence-corrected chi connectivity index (χ4v) is 2.49. The Bertz CT molecular complexity index is 152. The molecule has 1 aliphatic carbocycles. The Morgan fingerprint density at radius 1 is 1.45 bits per heavy atom. The van der Waals surface area contributed by atoms with Crippen LogP contribution in [0.2, 0.25) is 0 Å². The first kappa shape index (κ1) is 7.56. The largest absolute Gasteiger partial charge is 0.381 e. The molecule has 64 valence electrons. The van der Waals surface area contributed by atoms with Crippen molar-refractivity contribution in [1.82, 2.24) is 5.32 Å². The van der Waals surface area contributed by atoms with Gasteiger partial charge in [0, 0.05) is 13.7 Å². The van der Waals surface area contributed by atoms with Crippen molar-refractivity contribution in [1.29, 1.82) is 0 Å². The summed E-state index contributed by atoms with van der Waals surface area (Å²) in [5, 5.41) is 3.45. The molecular weight excluding hydrogens is 138 g/mol. The Hall–Kier alpha value is -0.0800. The predicted octanol–water partition coefficient (Wildman–Crippen LogP) is 1.02. The van der Waals surface area contributed by atoms with Crippen molar-refractivity contribution in [2.24, 2.45) is 11.3 Å². The van der Waals surface area contributed by atoms with Crippen LogP contribution in [0.15, 0.2) is 0 Å². The third-order valence-electron chi connectivity index (χ3n) is 3.57. The van der Waals surface area contributed by atoms with Crippen LogP contribution in [-0.2, 0) is 4.74 Å². The van der Waals surface area contributed by atoms with Crippen molar-refractivity contribution in [2.75, 3.05) is 20.2 Å². The maximum Gasteiger partial charge on any atom is 0.0583 e. The summed E-state index contributed by atoms with van der Waals surface area (Å²) in [4.78, 5) is 0. The zero-order valence-electron chi connectivity index (χ0n) is 7.39. The van der Waals surface area contributed by atoms with Crippen LogP contribution in [0, 0.1) is 11.3 Å². The van der Waals surface area contributed by atoms with Gasteiger partial charge in [-0.2, -0.15) is 0 Å². The van der Waals surface area contributed by atoms with Crippen molar-refractivity contribution in [3.8, 4) is 0 Å². The van der Waals surface area contributed by atoms with Crippen molar-refractivity contribution in [3.05, 3.63) is 0 Å². The molecule has 0 amide bonds. The number of hydrogen-bond donors (Lipinski definition) is 1. The lowest BCUT2D eigenvalue weighted by atomic mass is 9.62. The van der Waals surface area contributed by atoms with Crippen molar-refractivity contribution in [2.45, 2.75) is 25.9 Å². The van der Waals surface area contributed by atoms with E-state index in [1.54, 1.807) is 0 Å². The molecule has 1 unspecified atom stereocenters. The summed E-state index contributed by atoms with van der Waals surface area (Å²) >= 11 is 0. The van der Waals surface area contributed by atoms with Crippen LogP contribution in [-0.4, -0.2) is 26.3 Å². The van der Waals surface area contributed by atoms with E-state index in [0.29, 0.717) is 11.5 Å². The number of hydrogen-bond acceptors (Lipinski definition) is 2. The molecule has 1 aliphatic heterocycles. The minimum Gasteiger partial charge on any atom is -0.381 e. The van der Waals surface area contributed by atoms with Gasteiger partial charge >= 0.3 is 0 Å². The highest BCUT2D eigenvalue weighted by molar-refractivity contribution is 5.03. The van der Waals surface area contributed by atoms with E-state index in [-0.39, 0.29) is 0 Å². The summed E-state index contributed by atoms with van der Waals surface area (Å²) in [5.41, 5.74) is 0.612. The van der Waals surface area contributed by atoms with Gasteiger partial charge in [-0.15, -0.1) is 0 Å². The van der Waals surface area contributed by atoms with Crippen LogP contribution in [0.3, 0.4) is 0 Å². The smallest absolute Gasteiger partial charge is 0.0583 e. The molecule has 1 atom stereocenters. The second-order valence-electron chi connectivity index (χ2n) is 4.16. The molecule has 1 saturated carbocycles. The van der Waals surface area contributed by atoms with Crippen LogP contribution in [0.4, 0.5) is 0 Å². The van der Waals surface area contributed by atoms with Gasteiger partial charge in [-0.25, -0.2) is 0 Å². The Balaban J connectivity index is 1.94. The molecule has 0 bridgehead atoms. The maximum absolute atomic E-state index is 5.29. The third kappa shape index (κ3) is 1.00. The number of rotatable bonds is 1. The van der Waals surface area contributed by atoms with Gasteiger partial charge in [0.15, 0.2) is 0 Å². The van der Waals surface area contributed by atoms with Gasteiger partial charge in [-0.1, -0.05) is 6.92 Å². The second-order valence-corrected chi connectivity index (χ2v) is 4.16. The zero-order chi connectivity index (χ0) is 7.90. The zero-order valence-corrected chi connectivity index (χ0v) is 7.39. The lowest BCUT2D eigenvalue weighted by Gasteiger charge is -2.47. The molecule has 0 aromatic rings. The molecule has 1 heterocycles. The van der Waals surface area contributed by atoms with Crippen LogP contribution in [0.5, 0.6) is 0 Å². The molecule has 2 fully saturated rings. The summed E-state index contributed by atoms with van der Waals surface area (Å²) in [7, 11) is 1.82. The molecule has 2 heteroatoms. The number of methoxy groups -OCH3 is 1. The quantitative estimate of drug-likeness (QED) is 0.610. The number of nitrogens with one attached hydrogen (secondary N) is 1. The first-order valence-electron chi connectivity index (χ1n) is 4.50. The average molecular weight is 155 g/mol. The van der Waals surface area contributed by atoms with Gasteiger partial charge in [-0.05, 0) is 30.7 Å². The molecule has 11 heavy (non-hydrogen) atoms. The first-order valence-corrected chi connectivity index (χ1v) is 4.50. The lowest BCUT2D eigenvalue weighted by Crippen LogP contribution is -2.46. The summed E-state index contributed by atoms with van der Waals surface area (Å²) in [6.45, 7) is 4.77. The van der Waals surface area contributed by atoms with Crippen LogP contribution in [0.1, 0.15) is 19.8 Å². The normalized spacial score (nSPS) is 49.6. The molecule has 2 nitrogen and oxygen atoms in total. The maximum atomic E-state index is 5.29. The third-order valence-corrected chi connectivity index (χ3v) is 3.57. The van der Waals surface area contributed by atoms with E-state index < -0.39 is 0 Å². The number of ether oxygens (including phenoxy) is 1. The molecule has 0 radical (unpaired) electrons. The van der Waals surface area contributed by atoms with E-state index in [0.717, 1.165) is 5.92 Å². The van der Waals surface area contributed by atoms with E-state index in [1.807, 2.05) is 7.11 Å². The second kappa shape index (κ2) is 2.46. The fourth-order valence-electron chi connectivity index (χ4n) is 2.49. The predicted molar refractivity (Wildman–Crippen MR) is 44.5 cm³/mol. The monoisotopic (exact) mass is 155 g/mol. The molecule has 0 aromatic heterocycles. The Morgan fingerprint density at radius 2 is 2.18 bits per heavy atom. The molecule has 0 aromatic carbocycles. The molecule has 2 rings (SSSR count). The minimum atomic E-state index is 0.553. The topological polar surface area (TPSA) is 21.3 Å². The summed E-state index contributed by atoms with van der Waals surface area (Å²) in [6.07, 6.45) is 3.10. The van der Waals surface area contributed by atoms with Crippen LogP contribution in [0.25, 0.3) is 0 Å². The summed E-state index contributed by atoms with van der Waals surface area (Å²) in [5.74, 6) is 0.855. The minimum absolute atomic E-state index is 0.553. The summed E-state index contributed by atoms with van der Waals surface area (Å²) < 4.78 is 5.29. The Morgan fingerprint density at radius 3 is 2.64 bits per heavy atom. The van der Waals surface area contributed by atoms with Crippen molar-refractivity contribution < 1.29 is 4.74 Å². The van der Waals surface area contributed by atoms with E-state index in [1.165, 1.54) is 25.9 Å². The SMILES string of the molecule is COC1CC2(CNCC2C)C1. The van der Waals surface area contributed by atoms with E-state index in [4.69, 9.17) is 4.74 Å². The Labute approximate surface area is 68.3 Å².